The number of piperidine rings is 1. The zero-order valence-corrected chi connectivity index (χ0v) is 11.6. The van der Waals surface area contributed by atoms with E-state index in [4.69, 9.17) is 0 Å². The Morgan fingerprint density at radius 1 is 1.35 bits per heavy atom. The number of aromatic nitrogens is 2. The van der Waals surface area contributed by atoms with Crippen molar-refractivity contribution in [2.75, 3.05) is 31.1 Å². The Bertz CT molecular complexity index is 333. The lowest BCUT2D eigenvalue weighted by Gasteiger charge is -2.28. The molecule has 4 nitrogen and oxygen atoms in total. The third-order valence-corrected chi connectivity index (χ3v) is 4.18. The highest BCUT2D eigenvalue weighted by Gasteiger charge is 2.18. The molecule has 1 aliphatic heterocycles. The standard InChI is InChI=1S/C12H22N4S/c1-3-11-14-12(17-15-11)16(4-2)9-10-5-7-13-8-6-10/h10,13H,3-9H2,1-2H3. The molecule has 1 aromatic rings. The van der Waals surface area contributed by atoms with Crippen molar-refractivity contribution in [3.63, 3.8) is 0 Å². The molecule has 0 atom stereocenters. The summed E-state index contributed by atoms with van der Waals surface area (Å²) in [5.74, 6) is 1.79. The van der Waals surface area contributed by atoms with Gasteiger partial charge >= 0.3 is 0 Å². The van der Waals surface area contributed by atoms with E-state index in [0.717, 1.165) is 36.4 Å². The molecule has 0 spiro atoms. The van der Waals surface area contributed by atoms with E-state index in [9.17, 15) is 0 Å². The number of anilines is 1. The minimum absolute atomic E-state index is 0.810. The summed E-state index contributed by atoms with van der Waals surface area (Å²) in [4.78, 5) is 6.96. The van der Waals surface area contributed by atoms with E-state index in [-0.39, 0.29) is 0 Å². The first-order chi connectivity index (χ1) is 8.33. The highest BCUT2D eigenvalue weighted by molar-refractivity contribution is 7.09. The van der Waals surface area contributed by atoms with Crippen molar-refractivity contribution in [1.82, 2.24) is 14.7 Å². The van der Waals surface area contributed by atoms with Gasteiger partial charge in [-0.05, 0) is 38.8 Å². The van der Waals surface area contributed by atoms with Crippen LogP contribution in [0.15, 0.2) is 0 Å². The lowest BCUT2D eigenvalue weighted by molar-refractivity contribution is 0.374. The Labute approximate surface area is 108 Å². The summed E-state index contributed by atoms with van der Waals surface area (Å²) in [5.41, 5.74) is 0. The first-order valence-corrected chi connectivity index (χ1v) is 7.39. The summed E-state index contributed by atoms with van der Waals surface area (Å²) < 4.78 is 4.37. The summed E-state index contributed by atoms with van der Waals surface area (Å²) in [6.45, 7) is 8.80. The predicted octanol–water partition coefficient (Wildman–Crippen LogP) is 1.93. The molecule has 96 valence electrons. The van der Waals surface area contributed by atoms with E-state index in [1.807, 2.05) is 0 Å². The first-order valence-electron chi connectivity index (χ1n) is 6.61. The van der Waals surface area contributed by atoms with Crippen molar-refractivity contribution in [2.24, 2.45) is 5.92 Å². The fourth-order valence-electron chi connectivity index (χ4n) is 2.24. The van der Waals surface area contributed by atoms with E-state index < -0.39 is 0 Å². The van der Waals surface area contributed by atoms with Crippen molar-refractivity contribution in [3.8, 4) is 0 Å². The van der Waals surface area contributed by atoms with Crippen LogP contribution in [0.4, 0.5) is 5.13 Å². The smallest absolute Gasteiger partial charge is 0.205 e. The van der Waals surface area contributed by atoms with Gasteiger partial charge in [-0.2, -0.15) is 4.37 Å². The number of rotatable bonds is 5. The summed E-state index contributed by atoms with van der Waals surface area (Å²) in [5, 5.41) is 4.51. The number of hydrogen-bond donors (Lipinski definition) is 1. The van der Waals surface area contributed by atoms with Crippen molar-refractivity contribution in [2.45, 2.75) is 33.1 Å². The molecular weight excluding hydrogens is 232 g/mol. The van der Waals surface area contributed by atoms with Gasteiger partial charge in [-0.25, -0.2) is 4.98 Å². The van der Waals surface area contributed by atoms with Crippen molar-refractivity contribution in [1.29, 1.82) is 0 Å². The van der Waals surface area contributed by atoms with Crippen LogP contribution in [0.5, 0.6) is 0 Å². The summed E-state index contributed by atoms with van der Waals surface area (Å²) in [7, 11) is 0. The molecule has 0 aromatic carbocycles. The van der Waals surface area contributed by atoms with Gasteiger partial charge in [0.2, 0.25) is 5.13 Å². The van der Waals surface area contributed by atoms with E-state index in [0.29, 0.717) is 0 Å². The van der Waals surface area contributed by atoms with Crippen LogP contribution in [0.2, 0.25) is 0 Å². The van der Waals surface area contributed by atoms with Gasteiger partial charge in [-0.15, -0.1) is 0 Å². The van der Waals surface area contributed by atoms with Crippen LogP contribution in [0, 0.1) is 5.92 Å². The number of nitrogens with zero attached hydrogens (tertiary/aromatic N) is 3. The molecule has 1 N–H and O–H groups in total. The zero-order chi connectivity index (χ0) is 12.1. The average Bonchev–Trinajstić information content (AvgIpc) is 2.86. The second kappa shape index (κ2) is 6.31. The third-order valence-electron chi connectivity index (χ3n) is 3.36. The number of nitrogens with one attached hydrogen (secondary N) is 1. The normalized spacial score (nSPS) is 17.3. The molecule has 0 amide bonds. The fraction of sp³-hybridized carbons (Fsp3) is 0.833. The molecule has 1 aliphatic rings. The Morgan fingerprint density at radius 2 is 2.12 bits per heavy atom. The highest BCUT2D eigenvalue weighted by atomic mass is 32.1. The maximum Gasteiger partial charge on any atom is 0.205 e. The Balaban J connectivity index is 1.95. The van der Waals surface area contributed by atoms with Gasteiger partial charge in [0.25, 0.3) is 0 Å². The zero-order valence-electron chi connectivity index (χ0n) is 10.8. The fourth-order valence-corrected chi connectivity index (χ4v) is 3.06. The van der Waals surface area contributed by atoms with E-state index in [2.05, 4.69) is 33.4 Å². The molecule has 2 rings (SSSR count). The van der Waals surface area contributed by atoms with Gasteiger partial charge in [0.15, 0.2) is 0 Å². The predicted molar refractivity (Wildman–Crippen MR) is 72.8 cm³/mol. The summed E-state index contributed by atoms with van der Waals surface area (Å²) in [6.07, 6.45) is 3.51. The minimum Gasteiger partial charge on any atom is -0.347 e. The molecular formula is C12H22N4S. The van der Waals surface area contributed by atoms with Crippen LogP contribution in [-0.4, -0.2) is 35.5 Å². The van der Waals surface area contributed by atoms with Gasteiger partial charge in [-0.3, -0.25) is 0 Å². The topological polar surface area (TPSA) is 41.1 Å². The maximum atomic E-state index is 4.58. The highest BCUT2D eigenvalue weighted by Crippen LogP contribution is 2.21. The van der Waals surface area contributed by atoms with Crippen LogP contribution in [0.1, 0.15) is 32.5 Å². The Morgan fingerprint density at radius 3 is 2.71 bits per heavy atom. The van der Waals surface area contributed by atoms with Gasteiger partial charge < -0.3 is 10.2 Å². The maximum absolute atomic E-state index is 4.58. The van der Waals surface area contributed by atoms with E-state index >= 15 is 0 Å². The van der Waals surface area contributed by atoms with Crippen LogP contribution >= 0.6 is 11.5 Å². The van der Waals surface area contributed by atoms with Crippen molar-refractivity contribution < 1.29 is 0 Å². The van der Waals surface area contributed by atoms with Crippen LogP contribution in [0.3, 0.4) is 0 Å². The molecule has 0 unspecified atom stereocenters. The molecule has 1 aromatic heterocycles. The number of aryl methyl sites for hydroxylation is 1. The number of hydrogen-bond acceptors (Lipinski definition) is 5. The van der Waals surface area contributed by atoms with Gasteiger partial charge in [0, 0.05) is 31.0 Å². The Hall–Kier alpha value is -0.680. The Kier molecular flexibility index (Phi) is 4.74. The second-order valence-electron chi connectivity index (χ2n) is 4.58. The largest absolute Gasteiger partial charge is 0.347 e. The molecule has 1 fully saturated rings. The minimum atomic E-state index is 0.810. The molecule has 17 heavy (non-hydrogen) atoms. The lowest BCUT2D eigenvalue weighted by Crippen LogP contribution is -2.36. The quantitative estimate of drug-likeness (QED) is 0.871. The van der Waals surface area contributed by atoms with Crippen LogP contribution < -0.4 is 10.2 Å². The molecule has 1 saturated heterocycles. The summed E-state index contributed by atoms with van der Waals surface area (Å²) in [6, 6.07) is 0. The monoisotopic (exact) mass is 254 g/mol. The average molecular weight is 254 g/mol. The molecule has 5 heteroatoms. The van der Waals surface area contributed by atoms with Crippen LogP contribution in [0.25, 0.3) is 0 Å². The van der Waals surface area contributed by atoms with Gasteiger partial charge in [0.1, 0.15) is 5.82 Å². The molecule has 0 radical (unpaired) electrons. The molecule has 2 heterocycles. The third kappa shape index (κ3) is 3.39. The van der Waals surface area contributed by atoms with Crippen molar-refractivity contribution in [3.05, 3.63) is 5.82 Å². The molecule has 0 aliphatic carbocycles. The molecule has 0 bridgehead atoms. The first kappa shape index (κ1) is 12.8. The lowest BCUT2D eigenvalue weighted by atomic mass is 9.98. The SMILES string of the molecule is CCc1nsc(N(CC)CC2CCNCC2)n1. The van der Waals surface area contributed by atoms with Crippen LogP contribution in [-0.2, 0) is 6.42 Å². The van der Waals surface area contributed by atoms with E-state index in [1.54, 1.807) is 11.5 Å². The van der Waals surface area contributed by atoms with Crippen molar-refractivity contribution >= 4 is 16.7 Å². The molecule has 0 saturated carbocycles. The summed E-state index contributed by atoms with van der Waals surface area (Å²) >= 11 is 1.54. The van der Waals surface area contributed by atoms with Gasteiger partial charge in [0.05, 0.1) is 0 Å². The van der Waals surface area contributed by atoms with Gasteiger partial charge in [-0.1, -0.05) is 6.92 Å². The second-order valence-corrected chi connectivity index (χ2v) is 5.31. The van der Waals surface area contributed by atoms with E-state index in [1.165, 1.54) is 25.9 Å².